The lowest BCUT2D eigenvalue weighted by atomic mass is 9.77. The van der Waals surface area contributed by atoms with Crippen molar-refractivity contribution in [3.05, 3.63) is 86.5 Å². The molecule has 0 bridgehead atoms. The fraction of sp³-hybridized carbons (Fsp3) is 0.667. The molecule has 0 atom stereocenters. The van der Waals surface area contributed by atoms with E-state index >= 15 is 0 Å². The second-order valence-corrected chi connectivity index (χ2v) is 26.2. The number of rotatable bonds is 10. The van der Waals surface area contributed by atoms with Crippen LogP contribution in [0.4, 0.5) is 0 Å². The predicted molar refractivity (Wildman–Crippen MR) is 266 cm³/mol. The third-order valence-corrected chi connectivity index (χ3v) is 13.7. The molecule has 0 unspecified atom stereocenters. The van der Waals surface area contributed by atoms with Gasteiger partial charge in [-0.25, -0.2) is 0 Å². The Morgan fingerprint density at radius 3 is 1.19 bits per heavy atom. The van der Waals surface area contributed by atoms with Gasteiger partial charge in [0, 0.05) is 41.2 Å². The van der Waals surface area contributed by atoms with Crippen LogP contribution in [-0.2, 0) is 60.9 Å². The summed E-state index contributed by atoms with van der Waals surface area (Å²) in [4.78, 5) is 0. The van der Waals surface area contributed by atoms with Gasteiger partial charge in [0.2, 0.25) is 0 Å². The third-order valence-electron chi connectivity index (χ3n) is 11.7. The predicted octanol–water partition coefficient (Wildman–Crippen LogP) is 16.5. The van der Waals surface area contributed by atoms with Crippen LogP contribution in [0.15, 0.2) is 36.4 Å². The molecule has 5 rings (SSSR count). The van der Waals surface area contributed by atoms with E-state index in [1.54, 1.807) is 7.11 Å². The summed E-state index contributed by atoms with van der Waals surface area (Å²) in [5, 5.41) is 0. The second-order valence-electron chi connectivity index (χ2n) is 23.9. The molecule has 1 saturated heterocycles. The topological polar surface area (TPSA) is 55.4 Å². The van der Waals surface area contributed by atoms with E-state index in [-0.39, 0.29) is 27.1 Å². The smallest absolute Gasteiger partial charge is 0.426 e. The molecule has 2 heterocycles. The van der Waals surface area contributed by atoms with Crippen LogP contribution in [0, 0.1) is 23.2 Å². The maximum absolute atomic E-state index is 6.54. The maximum Gasteiger partial charge on any atom is 0.462 e. The Morgan fingerprint density at radius 1 is 0.548 bits per heavy atom. The SMILES string of the molecule is CCC1(C)COP(Oc2c(C(C)(C)C)cc(CC(C)C)cc2C(C)(C)C)OC1.COP1Oc2c(cc(CC(C)C)cc2C(C)(C)C)Cc2cc(CC(C)C)cc(C(C)(C)C)c2O1. The molecule has 8 heteroatoms. The first-order valence-electron chi connectivity index (χ1n) is 23.4. The van der Waals surface area contributed by atoms with Crippen molar-refractivity contribution in [3.8, 4) is 17.2 Å². The molecule has 3 aromatic carbocycles. The van der Waals surface area contributed by atoms with Crippen molar-refractivity contribution >= 4 is 17.2 Å². The molecule has 6 nitrogen and oxygen atoms in total. The highest BCUT2D eigenvalue weighted by molar-refractivity contribution is 7.42. The summed E-state index contributed by atoms with van der Waals surface area (Å²) in [5.41, 5.74) is 11.5. The van der Waals surface area contributed by atoms with E-state index in [0.717, 1.165) is 49.4 Å². The van der Waals surface area contributed by atoms with E-state index < -0.39 is 17.2 Å². The number of benzene rings is 3. The average Bonchev–Trinajstić information content (AvgIpc) is 3.11. The van der Waals surface area contributed by atoms with Gasteiger partial charge in [-0.2, -0.15) is 0 Å². The lowest BCUT2D eigenvalue weighted by Crippen LogP contribution is -2.32. The van der Waals surface area contributed by atoms with Crippen LogP contribution >= 0.6 is 17.2 Å². The monoisotopic (exact) mass is 893 g/mol. The fourth-order valence-corrected chi connectivity index (χ4v) is 10.3. The molecular formula is C54H86O6P2. The van der Waals surface area contributed by atoms with E-state index in [2.05, 4.69) is 175 Å². The van der Waals surface area contributed by atoms with Gasteiger partial charge in [-0.15, -0.1) is 0 Å². The van der Waals surface area contributed by atoms with Gasteiger partial charge < -0.3 is 22.6 Å². The molecule has 0 aromatic heterocycles. The van der Waals surface area contributed by atoms with Gasteiger partial charge in [0.25, 0.3) is 0 Å². The van der Waals surface area contributed by atoms with E-state index in [1.165, 1.54) is 50.1 Å². The second kappa shape index (κ2) is 20.5. The highest BCUT2D eigenvalue weighted by atomic mass is 31.2. The normalized spacial score (nSPS) is 18.9. The van der Waals surface area contributed by atoms with Gasteiger partial charge in [0.1, 0.15) is 17.2 Å². The van der Waals surface area contributed by atoms with Crippen molar-refractivity contribution in [1.82, 2.24) is 0 Å². The van der Waals surface area contributed by atoms with Crippen LogP contribution in [0.3, 0.4) is 0 Å². The van der Waals surface area contributed by atoms with Crippen LogP contribution in [-0.4, -0.2) is 20.3 Å². The van der Waals surface area contributed by atoms with E-state index in [4.69, 9.17) is 27.1 Å². The molecule has 2 aliphatic rings. The molecule has 3 aromatic rings. The van der Waals surface area contributed by atoms with Gasteiger partial charge in [0.15, 0.2) is 0 Å². The molecule has 0 radical (unpaired) electrons. The molecule has 0 N–H and O–H groups in total. The van der Waals surface area contributed by atoms with Gasteiger partial charge in [-0.3, -0.25) is 4.52 Å². The highest BCUT2D eigenvalue weighted by Gasteiger charge is 2.37. The zero-order valence-corrected chi connectivity index (χ0v) is 44.8. The summed E-state index contributed by atoms with van der Waals surface area (Å²) in [5.74, 6) is 4.64. The number of fused-ring (bicyclic) bond motifs is 2. The van der Waals surface area contributed by atoms with Crippen molar-refractivity contribution < 1.29 is 27.1 Å². The first-order chi connectivity index (χ1) is 28.4. The van der Waals surface area contributed by atoms with Crippen LogP contribution in [0.25, 0.3) is 0 Å². The highest BCUT2D eigenvalue weighted by Crippen LogP contribution is 2.54. The fourth-order valence-electron chi connectivity index (χ4n) is 8.05. The number of hydrogen-bond acceptors (Lipinski definition) is 6. The Kier molecular flexibility index (Phi) is 17.4. The van der Waals surface area contributed by atoms with Crippen LogP contribution in [0.5, 0.6) is 17.2 Å². The first kappa shape index (κ1) is 52.4. The number of hydrogen-bond donors (Lipinski definition) is 0. The standard InChI is InChI=1S/C30H45O3P.C24H41O3P/c1-19(2)12-21-14-23-18-24-15-22(13-20(3)4)17-26(30(8,9)10)28(24)33-34(31-11)32-27(23)25(16-21)29(5,6)7;1-11-24(10)15-25-28(26-16-24)27-21-19(22(4,5)6)13-18(12-17(2)3)14-20(21)23(7,8)9/h14-17,19-20H,12-13,18H2,1-11H3;13-14,17H,11-12,15-16H2,1-10H3. The van der Waals surface area contributed by atoms with Crippen LogP contribution in [0.1, 0.15) is 195 Å². The van der Waals surface area contributed by atoms with Gasteiger partial charge in [-0.1, -0.05) is 175 Å². The largest absolute Gasteiger partial charge is 0.462 e. The molecular weight excluding hydrogens is 807 g/mol. The van der Waals surface area contributed by atoms with Gasteiger partial charge >= 0.3 is 17.2 Å². The van der Waals surface area contributed by atoms with Crippen LogP contribution < -0.4 is 13.6 Å². The third kappa shape index (κ3) is 14.1. The van der Waals surface area contributed by atoms with Crippen molar-refractivity contribution in [2.24, 2.45) is 23.2 Å². The Bertz CT molecular complexity index is 1830. The zero-order chi connectivity index (χ0) is 46.7. The van der Waals surface area contributed by atoms with Gasteiger partial charge in [-0.05, 0) is 92.9 Å². The maximum atomic E-state index is 6.54. The van der Waals surface area contributed by atoms with Crippen molar-refractivity contribution in [3.63, 3.8) is 0 Å². The summed E-state index contributed by atoms with van der Waals surface area (Å²) < 4.78 is 37.4. The summed E-state index contributed by atoms with van der Waals surface area (Å²) in [6.45, 7) is 46.5. The van der Waals surface area contributed by atoms with E-state index in [1.807, 2.05) is 0 Å². The Hall–Kier alpha value is -2.20. The average molecular weight is 893 g/mol. The van der Waals surface area contributed by atoms with Crippen LogP contribution in [0.2, 0.25) is 0 Å². The molecule has 62 heavy (non-hydrogen) atoms. The minimum Gasteiger partial charge on any atom is -0.426 e. The molecule has 0 aliphatic carbocycles. The Morgan fingerprint density at radius 2 is 0.887 bits per heavy atom. The summed E-state index contributed by atoms with van der Waals surface area (Å²) >= 11 is 0. The molecule has 0 amide bonds. The Labute approximate surface area is 382 Å². The van der Waals surface area contributed by atoms with Gasteiger partial charge in [0.05, 0.1) is 13.2 Å². The molecule has 0 spiro atoms. The van der Waals surface area contributed by atoms with Crippen molar-refractivity contribution in [1.29, 1.82) is 0 Å². The lowest BCUT2D eigenvalue weighted by Gasteiger charge is -2.37. The molecule has 348 valence electrons. The summed E-state index contributed by atoms with van der Waals surface area (Å²) in [6.07, 6.45) is 5.02. The molecule has 1 fully saturated rings. The molecule has 2 aliphatic heterocycles. The summed E-state index contributed by atoms with van der Waals surface area (Å²) in [7, 11) is -1.25. The summed E-state index contributed by atoms with van der Waals surface area (Å²) in [6, 6.07) is 14.0. The van der Waals surface area contributed by atoms with Crippen molar-refractivity contribution in [2.75, 3.05) is 20.3 Å². The minimum atomic E-state index is -1.57. The zero-order valence-electron chi connectivity index (χ0n) is 43.0. The Balaban J connectivity index is 0.000000278. The quantitative estimate of drug-likeness (QED) is 0.189. The minimum absolute atomic E-state index is 0.0224. The van der Waals surface area contributed by atoms with E-state index in [9.17, 15) is 0 Å². The van der Waals surface area contributed by atoms with E-state index in [0.29, 0.717) is 31.0 Å². The lowest BCUT2D eigenvalue weighted by molar-refractivity contribution is 0.0277. The van der Waals surface area contributed by atoms with Crippen molar-refractivity contribution in [2.45, 2.75) is 192 Å². The first-order valence-corrected chi connectivity index (χ1v) is 25.6. The molecule has 0 saturated carbocycles.